The van der Waals surface area contributed by atoms with Crippen molar-refractivity contribution >= 4 is 34.6 Å². The first-order valence-electron chi connectivity index (χ1n) is 7.51. The lowest BCUT2D eigenvalue weighted by atomic mass is 10.2. The molecule has 0 bridgehead atoms. The molecule has 8 heteroatoms. The van der Waals surface area contributed by atoms with Crippen molar-refractivity contribution in [1.82, 2.24) is 5.32 Å². The summed E-state index contributed by atoms with van der Waals surface area (Å²) in [5.74, 6) is 0.184. The maximum Gasteiger partial charge on any atom is 0.274 e. The zero-order valence-electron chi connectivity index (χ0n) is 13.7. The molecular weight excluding hydrogens is 342 g/mol. The van der Waals surface area contributed by atoms with Crippen molar-refractivity contribution in [2.45, 2.75) is 13.8 Å². The molecule has 1 amide bonds. The summed E-state index contributed by atoms with van der Waals surface area (Å²) in [7, 11) is 0. The number of carbonyl (C=O) groups excluding carboxylic acids is 1. The highest BCUT2D eigenvalue weighted by atomic mass is 32.1. The number of aryl methyl sites for hydroxylation is 1. The Hall–Kier alpha value is -3.00. The number of amides is 1. The van der Waals surface area contributed by atoms with Crippen molar-refractivity contribution in [3.8, 4) is 5.75 Å². The Balaban J connectivity index is 2.05. The number of rotatable bonds is 5. The number of nitrogens with zero attached hydrogens (tertiary/aromatic N) is 1. The van der Waals surface area contributed by atoms with E-state index in [1.54, 1.807) is 43.3 Å². The summed E-state index contributed by atoms with van der Waals surface area (Å²) in [4.78, 5) is 22.7. The van der Waals surface area contributed by atoms with Gasteiger partial charge in [-0.05, 0) is 50.3 Å². The Morgan fingerprint density at radius 3 is 2.72 bits per heavy atom. The first kappa shape index (κ1) is 18.3. The third-order valence-electron chi connectivity index (χ3n) is 3.30. The summed E-state index contributed by atoms with van der Waals surface area (Å²) in [5.41, 5.74) is 1.33. The van der Waals surface area contributed by atoms with Crippen molar-refractivity contribution in [2.24, 2.45) is 0 Å². The van der Waals surface area contributed by atoms with E-state index >= 15 is 0 Å². The lowest BCUT2D eigenvalue weighted by molar-refractivity contribution is -0.385. The molecular formula is C17H17N3O4S. The van der Waals surface area contributed by atoms with Gasteiger partial charge in [-0.1, -0.05) is 12.1 Å². The maximum atomic E-state index is 12.2. The number of nitrogens with one attached hydrogen (secondary N) is 2. The van der Waals surface area contributed by atoms with Crippen LogP contribution in [0.25, 0.3) is 0 Å². The number of ether oxygens (including phenoxy) is 1. The Kier molecular flexibility index (Phi) is 6.02. The highest BCUT2D eigenvalue weighted by molar-refractivity contribution is 7.80. The van der Waals surface area contributed by atoms with Crippen LogP contribution in [-0.2, 0) is 0 Å². The lowest BCUT2D eigenvalue weighted by Crippen LogP contribution is -2.34. The Labute approximate surface area is 150 Å². The summed E-state index contributed by atoms with van der Waals surface area (Å²) < 4.78 is 5.35. The van der Waals surface area contributed by atoms with E-state index in [9.17, 15) is 14.9 Å². The van der Waals surface area contributed by atoms with Gasteiger partial charge in [0.05, 0.1) is 11.5 Å². The third kappa shape index (κ3) is 4.98. The van der Waals surface area contributed by atoms with Crippen LogP contribution in [0.5, 0.6) is 5.75 Å². The number of hydrogen-bond acceptors (Lipinski definition) is 5. The molecule has 7 nitrogen and oxygen atoms in total. The topological polar surface area (TPSA) is 93.5 Å². The van der Waals surface area contributed by atoms with Crippen molar-refractivity contribution in [3.63, 3.8) is 0 Å². The van der Waals surface area contributed by atoms with E-state index in [2.05, 4.69) is 10.6 Å². The van der Waals surface area contributed by atoms with E-state index in [0.717, 1.165) is 0 Å². The smallest absolute Gasteiger partial charge is 0.274 e. The van der Waals surface area contributed by atoms with Gasteiger partial charge in [0, 0.05) is 22.9 Å². The van der Waals surface area contributed by atoms with Gasteiger partial charge in [-0.15, -0.1) is 0 Å². The van der Waals surface area contributed by atoms with E-state index < -0.39 is 10.8 Å². The second-order valence-electron chi connectivity index (χ2n) is 5.13. The second kappa shape index (κ2) is 8.20. The highest BCUT2D eigenvalue weighted by Gasteiger charge is 2.13. The van der Waals surface area contributed by atoms with Crippen molar-refractivity contribution in [1.29, 1.82) is 0 Å². The van der Waals surface area contributed by atoms with E-state index in [4.69, 9.17) is 17.0 Å². The van der Waals surface area contributed by atoms with Gasteiger partial charge in [0.1, 0.15) is 5.75 Å². The first-order chi connectivity index (χ1) is 11.9. The number of carbonyl (C=O) groups is 1. The monoisotopic (exact) mass is 359 g/mol. The van der Waals surface area contributed by atoms with Crippen LogP contribution < -0.4 is 15.4 Å². The van der Waals surface area contributed by atoms with E-state index in [1.165, 1.54) is 6.07 Å². The number of nitro benzene ring substituents is 1. The molecule has 0 aliphatic carbocycles. The molecule has 25 heavy (non-hydrogen) atoms. The molecule has 0 spiro atoms. The number of nitro groups is 1. The fourth-order valence-electron chi connectivity index (χ4n) is 2.12. The largest absolute Gasteiger partial charge is 0.494 e. The molecule has 0 aliphatic rings. The minimum absolute atomic E-state index is 0.0245. The summed E-state index contributed by atoms with van der Waals surface area (Å²) in [5, 5.41) is 16.3. The minimum atomic E-state index is -0.471. The van der Waals surface area contributed by atoms with Gasteiger partial charge in [-0.2, -0.15) is 0 Å². The maximum absolute atomic E-state index is 12.2. The van der Waals surface area contributed by atoms with Gasteiger partial charge in [0.25, 0.3) is 11.6 Å². The summed E-state index contributed by atoms with van der Waals surface area (Å²) in [6, 6.07) is 11.3. The van der Waals surface area contributed by atoms with Crippen molar-refractivity contribution in [3.05, 3.63) is 63.7 Å². The normalized spacial score (nSPS) is 10.0. The van der Waals surface area contributed by atoms with Crippen LogP contribution in [0.2, 0.25) is 0 Å². The molecule has 0 fully saturated rings. The van der Waals surface area contributed by atoms with E-state index in [-0.39, 0.29) is 10.8 Å². The average Bonchev–Trinajstić information content (AvgIpc) is 2.57. The van der Waals surface area contributed by atoms with E-state index in [0.29, 0.717) is 29.2 Å². The van der Waals surface area contributed by atoms with E-state index in [1.807, 2.05) is 6.92 Å². The van der Waals surface area contributed by atoms with Crippen molar-refractivity contribution < 1.29 is 14.5 Å². The predicted molar refractivity (Wildman–Crippen MR) is 99.1 cm³/mol. The molecule has 0 atom stereocenters. The molecule has 2 aromatic carbocycles. The van der Waals surface area contributed by atoms with Crippen LogP contribution >= 0.6 is 12.2 Å². The SMILES string of the molecule is CCOc1cccc(C(=O)NC(=S)Nc2ccc(C)c([N+](=O)[O-])c2)c1. The van der Waals surface area contributed by atoms with Gasteiger partial charge in [-0.25, -0.2) is 0 Å². The zero-order valence-corrected chi connectivity index (χ0v) is 14.6. The molecule has 0 aliphatic heterocycles. The Bertz CT molecular complexity index is 823. The summed E-state index contributed by atoms with van der Waals surface area (Å²) in [6.07, 6.45) is 0. The number of benzene rings is 2. The summed E-state index contributed by atoms with van der Waals surface area (Å²) >= 11 is 5.09. The summed E-state index contributed by atoms with van der Waals surface area (Å²) in [6.45, 7) is 4.00. The number of thiocarbonyl (C=S) groups is 1. The fraction of sp³-hybridized carbons (Fsp3) is 0.176. The average molecular weight is 359 g/mol. The molecule has 2 aromatic rings. The van der Waals surface area contributed by atoms with Gasteiger partial charge in [0.15, 0.2) is 5.11 Å². The predicted octanol–water partition coefficient (Wildman–Crippen LogP) is 3.43. The molecule has 0 saturated heterocycles. The quantitative estimate of drug-likeness (QED) is 0.483. The molecule has 0 heterocycles. The second-order valence-corrected chi connectivity index (χ2v) is 5.54. The third-order valence-corrected chi connectivity index (χ3v) is 3.50. The molecule has 2 rings (SSSR count). The molecule has 0 aromatic heterocycles. The van der Waals surface area contributed by atoms with Gasteiger partial charge in [0.2, 0.25) is 0 Å². The van der Waals surface area contributed by atoms with Crippen molar-refractivity contribution in [2.75, 3.05) is 11.9 Å². The Morgan fingerprint density at radius 2 is 2.04 bits per heavy atom. The molecule has 130 valence electrons. The standard InChI is InChI=1S/C17H17N3O4S/c1-3-24-14-6-4-5-12(9-14)16(21)19-17(25)18-13-8-7-11(2)15(10-13)20(22)23/h4-10H,3H2,1-2H3,(H2,18,19,21,25). The van der Waals surface area contributed by atoms with Gasteiger partial charge in [-0.3, -0.25) is 20.2 Å². The van der Waals surface area contributed by atoms with Crippen LogP contribution in [0, 0.1) is 17.0 Å². The first-order valence-corrected chi connectivity index (χ1v) is 7.91. The van der Waals surface area contributed by atoms with Gasteiger partial charge >= 0.3 is 0 Å². The van der Waals surface area contributed by atoms with Crippen LogP contribution in [0.15, 0.2) is 42.5 Å². The van der Waals surface area contributed by atoms with Gasteiger partial charge < -0.3 is 10.1 Å². The van der Waals surface area contributed by atoms with Crippen LogP contribution in [-0.4, -0.2) is 22.5 Å². The van der Waals surface area contributed by atoms with Crippen LogP contribution in [0.3, 0.4) is 0 Å². The fourth-order valence-corrected chi connectivity index (χ4v) is 2.33. The molecule has 2 N–H and O–H groups in total. The van der Waals surface area contributed by atoms with Crippen LogP contribution in [0.1, 0.15) is 22.8 Å². The zero-order chi connectivity index (χ0) is 18.4. The molecule has 0 unspecified atom stereocenters. The van der Waals surface area contributed by atoms with Crippen LogP contribution in [0.4, 0.5) is 11.4 Å². The highest BCUT2D eigenvalue weighted by Crippen LogP contribution is 2.22. The molecule has 0 saturated carbocycles. The Morgan fingerprint density at radius 1 is 1.28 bits per heavy atom. The molecule has 0 radical (unpaired) electrons. The number of anilines is 1. The lowest BCUT2D eigenvalue weighted by Gasteiger charge is -2.11. The number of hydrogen-bond donors (Lipinski definition) is 2. The minimum Gasteiger partial charge on any atom is -0.494 e.